The van der Waals surface area contributed by atoms with E-state index < -0.39 is 11.9 Å². The zero-order chi connectivity index (χ0) is 11.1. The number of fused-ring (bicyclic) bond motifs is 1. The Bertz CT molecular complexity index is 518. The first-order chi connectivity index (χ1) is 6.98. The van der Waals surface area contributed by atoms with E-state index in [2.05, 4.69) is 4.98 Å². The summed E-state index contributed by atoms with van der Waals surface area (Å²) in [6.45, 7) is 0. The third-order valence-corrected chi connectivity index (χ3v) is 1.99. The Morgan fingerprint density at radius 2 is 1.81 bits per heavy atom. The van der Waals surface area contributed by atoms with Crippen molar-refractivity contribution < 1.29 is 49.3 Å². The standard InChI is InChI=1S/C10H6F3NO.Na.H/c11-10(12,13)8-5-4-6-2-1-3-7(15)9(6)14-8;;/h1-5,15H;;/q;+1;-1. The summed E-state index contributed by atoms with van der Waals surface area (Å²) in [5.41, 5.74) is -1.04. The van der Waals surface area contributed by atoms with Gasteiger partial charge in [-0.15, -0.1) is 0 Å². The van der Waals surface area contributed by atoms with Crippen LogP contribution >= 0.6 is 0 Å². The number of rotatable bonds is 0. The van der Waals surface area contributed by atoms with Gasteiger partial charge in [-0.05, 0) is 12.1 Å². The van der Waals surface area contributed by atoms with Crippen LogP contribution in [0, 0.1) is 0 Å². The fraction of sp³-hybridized carbons (Fsp3) is 0.100. The van der Waals surface area contributed by atoms with Crippen LogP contribution in [0.4, 0.5) is 13.2 Å². The molecule has 0 saturated heterocycles. The van der Waals surface area contributed by atoms with E-state index in [0.717, 1.165) is 6.07 Å². The minimum atomic E-state index is -4.49. The molecule has 1 heterocycles. The van der Waals surface area contributed by atoms with E-state index in [-0.39, 0.29) is 42.3 Å². The van der Waals surface area contributed by atoms with Crippen molar-refractivity contribution in [1.29, 1.82) is 0 Å². The van der Waals surface area contributed by atoms with Crippen molar-refractivity contribution in [2.45, 2.75) is 6.18 Å². The molecule has 0 amide bonds. The Morgan fingerprint density at radius 1 is 1.12 bits per heavy atom. The summed E-state index contributed by atoms with van der Waals surface area (Å²) in [5, 5.41) is 9.81. The van der Waals surface area contributed by atoms with E-state index in [1.807, 2.05) is 0 Å². The van der Waals surface area contributed by atoms with Gasteiger partial charge in [-0.1, -0.05) is 18.2 Å². The zero-order valence-corrected chi connectivity index (χ0v) is 10.4. The summed E-state index contributed by atoms with van der Waals surface area (Å²) in [7, 11) is 0. The first-order valence-corrected chi connectivity index (χ1v) is 4.14. The molecule has 0 atom stereocenters. The number of nitrogens with zero attached hydrogens (tertiary/aromatic N) is 1. The number of phenols is 1. The van der Waals surface area contributed by atoms with Crippen LogP contribution in [-0.2, 0) is 6.18 Å². The van der Waals surface area contributed by atoms with E-state index in [1.165, 1.54) is 12.1 Å². The third kappa shape index (κ3) is 2.48. The summed E-state index contributed by atoms with van der Waals surface area (Å²) in [6.07, 6.45) is -4.49. The number of phenolic OH excluding ortho intramolecular Hbond substituents is 1. The predicted octanol–water partition coefficient (Wildman–Crippen LogP) is 0.0757. The van der Waals surface area contributed by atoms with Crippen LogP contribution in [0.1, 0.15) is 7.12 Å². The monoisotopic (exact) mass is 237 g/mol. The number of hydrogen-bond acceptors (Lipinski definition) is 2. The second-order valence-corrected chi connectivity index (χ2v) is 3.04. The number of para-hydroxylation sites is 1. The molecule has 0 bridgehead atoms. The molecule has 2 aromatic rings. The topological polar surface area (TPSA) is 33.1 Å². The van der Waals surface area contributed by atoms with E-state index in [9.17, 15) is 18.3 Å². The van der Waals surface area contributed by atoms with Crippen LogP contribution in [0.2, 0.25) is 0 Å². The van der Waals surface area contributed by atoms with Gasteiger partial charge in [0.1, 0.15) is 17.0 Å². The predicted molar refractivity (Wildman–Crippen MR) is 49.5 cm³/mol. The van der Waals surface area contributed by atoms with Gasteiger partial charge in [-0.25, -0.2) is 4.98 Å². The number of benzene rings is 1. The summed E-state index contributed by atoms with van der Waals surface area (Å²) in [6, 6.07) is 6.61. The van der Waals surface area contributed by atoms with Crippen molar-refractivity contribution in [2.24, 2.45) is 0 Å². The van der Waals surface area contributed by atoms with Crippen LogP contribution in [0.15, 0.2) is 30.3 Å². The molecule has 1 aromatic carbocycles. The molecule has 1 N–H and O–H groups in total. The Balaban J connectivity index is 0.00000128. The van der Waals surface area contributed by atoms with Gasteiger partial charge >= 0.3 is 35.7 Å². The van der Waals surface area contributed by atoms with E-state index in [1.54, 1.807) is 12.1 Å². The normalized spacial score (nSPS) is 11.2. The molecule has 1 aromatic heterocycles. The van der Waals surface area contributed by atoms with Gasteiger partial charge in [0.15, 0.2) is 0 Å². The van der Waals surface area contributed by atoms with Crippen LogP contribution in [0.25, 0.3) is 10.9 Å². The number of aromatic nitrogens is 1. The molecule has 0 unspecified atom stereocenters. The second-order valence-electron chi connectivity index (χ2n) is 3.04. The zero-order valence-electron chi connectivity index (χ0n) is 9.42. The van der Waals surface area contributed by atoms with Crippen molar-refractivity contribution in [1.82, 2.24) is 4.98 Å². The molecule has 0 saturated carbocycles. The molecule has 0 spiro atoms. The molecule has 80 valence electrons. The summed E-state index contributed by atoms with van der Waals surface area (Å²) < 4.78 is 36.9. The molecule has 2 nitrogen and oxygen atoms in total. The molecular weight excluding hydrogens is 230 g/mol. The van der Waals surface area contributed by atoms with Crippen LogP contribution in [0.5, 0.6) is 5.75 Å². The Morgan fingerprint density at radius 3 is 2.44 bits per heavy atom. The quantitative estimate of drug-likeness (QED) is 0.658. The Hall–Kier alpha value is -0.780. The fourth-order valence-electron chi connectivity index (χ4n) is 1.29. The number of pyridine rings is 1. The first-order valence-electron chi connectivity index (χ1n) is 4.14. The molecule has 2 rings (SSSR count). The van der Waals surface area contributed by atoms with Crippen LogP contribution in [-0.4, -0.2) is 10.1 Å². The smallest absolute Gasteiger partial charge is 1.00 e. The number of hydrogen-bond donors (Lipinski definition) is 1. The number of alkyl halides is 3. The average Bonchev–Trinajstić information content (AvgIpc) is 2.16. The molecule has 0 fully saturated rings. The maximum atomic E-state index is 12.3. The Labute approximate surface area is 113 Å². The maximum Gasteiger partial charge on any atom is 1.00 e. The van der Waals surface area contributed by atoms with Gasteiger partial charge < -0.3 is 6.53 Å². The molecule has 16 heavy (non-hydrogen) atoms. The van der Waals surface area contributed by atoms with Crippen molar-refractivity contribution in [3.8, 4) is 5.75 Å². The summed E-state index contributed by atoms with van der Waals surface area (Å²) >= 11 is 0. The third-order valence-electron chi connectivity index (χ3n) is 1.99. The van der Waals surface area contributed by atoms with Crippen molar-refractivity contribution in [2.75, 3.05) is 0 Å². The van der Waals surface area contributed by atoms with E-state index in [0.29, 0.717) is 5.39 Å². The first kappa shape index (κ1) is 13.3. The van der Waals surface area contributed by atoms with Gasteiger partial charge in [-0.2, -0.15) is 13.2 Å². The van der Waals surface area contributed by atoms with Crippen LogP contribution < -0.4 is 29.6 Å². The maximum absolute atomic E-state index is 12.3. The molecule has 0 radical (unpaired) electrons. The van der Waals surface area contributed by atoms with Gasteiger partial charge in [0.05, 0.1) is 0 Å². The molecule has 0 aliphatic carbocycles. The van der Waals surface area contributed by atoms with Crippen molar-refractivity contribution in [3.63, 3.8) is 0 Å². The van der Waals surface area contributed by atoms with Gasteiger partial charge in [0.25, 0.3) is 0 Å². The second kappa shape index (κ2) is 4.61. The van der Waals surface area contributed by atoms with Crippen molar-refractivity contribution in [3.05, 3.63) is 36.0 Å². The number of halogens is 3. The molecular formula is C10H7F3NNaO. The minimum absolute atomic E-state index is 0. The molecule has 6 heteroatoms. The molecule has 0 aliphatic rings. The van der Waals surface area contributed by atoms with E-state index >= 15 is 0 Å². The fourth-order valence-corrected chi connectivity index (χ4v) is 1.29. The van der Waals surface area contributed by atoms with Crippen molar-refractivity contribution >= 4 is 10.9 Å². The largest absolute Gasteiger partial charge is 1.00 e. The molecule has 0 aliphatic heterocycles. The van der Waals surface area contributed by atoms with Gasteiger partial charge in [0, 0.05) is 5.39 Å². The van der Waals surface area contributed by atoms with Gasteiger partial charge in [-0.3, -0.25) is 0 Å². The summed E-state index contributed by atoms with van der Waals surface area (Å²) in [4.78, 5) is 3.37. The Kier molecular flexibility index (Phi) is 3.83. The van der Waals surface area contributed by atoms with Crippen LogP contribution in [0.3, 0.4) is 0 Å². The average molecular weight is 237 g/mol. The van der Waals surface area contributed by atoms with Gasteiger partial charge in [0.2, 0.25) is 0 Å². The number of aromatic hydroxyl groups is 1. The summed E-state index contributed by atoms with van der Waals surface area (Å²) in [5.74, 6) is -0.251. The minimum Gasteiger partial charge on any atom is -1.00 e. The SMILES string of the molecule is Oc1cccc2ccc(C(F)(F)F)nc12.[H-].[Na+]. The van der Waals surface area contributed by atoms with E-state index in [4.69, 9.17) is 0 Å².